The number of pyridine rings is 1. The van der Waals surface area contributed by atoms with Crippen LogP contribution in [0.4, 0.5) is 0 Å². The molecule has 0 saturated heterocycles. The van der Waals surface area contributed by atoms with Gasteiger partial charge in [0.15, 0.2) is 0 Å². The first-order valence-corrected chi connectivity index (χ1v) is 3.88. The Balaban J connectivity index is 2.56. The Morgan fingerprint density at radius 2 is 2.27 bits per heavy atom. The van der Waals surface area contributed by atoms with E-state index >= 15 is 0 Å². The summed E-state index contributed by atoms with van der Waals surface area (Å²) in [6.45, 7) is 1.93. The fourth-order valence-corrected chi connectivity index (χ4v) is 1.09. The summed E-state index contributed by atoms with van der Waals surface area (Å²) in [4.78, 5) is 8.58. The highest BCUT2D eigenvalue weighted by Crippen LogP contribution is 2.15. The Morgan fingerprint density at radius 3 is 2.91 bits per heavy atom. The van der Waals surface area contributed by atoms with Crippen LogP contribution in [0.5, 0.6) is 0 Å². The standard InChI is InChI=1S/C7H9NO2S/c1-6-4-3-5-7(8-6)11-10-9-2/h3-5H,1-2H3. The van der Waals surface area contributed by atoms with Crippen molar-refractivity contribution in [2.45, 2.75) is 11.9 Å². The molecule has 0 aliphatic carbocycles. The smallest absolute Gasteiger partial charge is 0.127 e. The van der Waals surface area contributed by atoms with E-state index in [4.69, 9.17) is 0 Å². The fraction of sp³-hybridized carbons (Fsp3) is 0.286. The third-order valence-corrected chi connectivity index (χ3v) is 1.65. The van der Waals surface area contributed by atoms with Crippen LogP contribution in [-0.2, 0) is 9.22 Å². The second kappa shape index (κ2) is 4.33. The average Bonchev–Trinajstić information content (AvgIpc) is 2.01. The molecule has 0 unspecified atom stereocenters. The van der Waals surface area contributed by atoms with Gasteiger partial charge in [-0.05, 0) is 19.1 Å². The Labute approximate surface area is 69.9 Å². The first-order valence-electron chi connectivity index (χ1n) is 3.14. The molecule has 0 N–H and O–H groups in total. The van der Waals surface area contributed by atoms with Crippen molar-refractivity contribution in [3.05, 3.63) is 23.9 Å². The van der Waals surface area contributed by atoms with E-state index in [1.54, 1.807) is 0 Å². The summed E-state index contributed by atoms with van der Waals surface area (Å²) in [5.41, 5.74) is 0.967. The van der Waals surface area contributed by atoms with Gasteiger partial charge in [0.2, 0.25) is 0 Å². The zero-order valence-electron chi connectivity index (χ0n) is 6.40. The van der Waals surface area contributed by atoms with Gasteiger partial charge < -0.3 is 0 Å². The van der Waals surface area contributed by atoms with Crippen LogP contribution in [0, 0.1) is 6.92 Å². The minimum Gasteiger partial charge on any atom is -0.244 e. The van der Waals surface area contributed by atoms with E-state index in [2.05, 4.69) is 14.2 Å². The van der Waals surface area contributed by atoms with Crippen LogP contribution in [0.3, 0.4) is 0 Å². The largest absolute Gasteiger partial charge is 0.244 e. The van der Waals surface area contributed by atoms with E-state index in [9.17, 15) is 0 Å². The van der Waals surface area contributed by atoms with Crippen LogP contribution < -0.4 is 0 Å². The number of aromatic nitrogens is 1. The quantitative estimate of drug-likeness (QED) is 0.395. The van der Waals surface area contributed by atoms with Gasteiger partial charge in [0, 0.05) is 5.69 Å². The molecule has 0 aliphatic rings. The van der Waals surface area contributed by atoms with Gasteiger partial charge in [0.1, 0.15) is 5.03 Å². The highest BCUT2D eigenvalue weighted by atomic mass is 32.2. The van der Waals surface area contributed by atoms with Crippen LogP contribution >= 0.6 is 12.0 Å². The minimum atomic E-state index is 0.798. The van der Waals surface area contributed by atoms with Crippen LogP contribution in [-0.4, -0.2) is 12.1 Å². The molecule has 0 aliphatic heterocycles. The van der Waals surface area contributed by atoms with E-state index in [1.807, 2.05) is 25.1 Å². The Hall–Kier alpha value is -0.580. The van der Waals surface area contributed by atoms with Crippen molar-refractivity contribution in [2.75, 3.05) is 7.11 Å². The molecule has 1 heterocycles. The second-order valence-electron chi connectivity index (χ2n) is 1.94. The lowest BCUT2D eigenvalue weighted by atomic mass is 10.4. The maximum atomic E-state index is 4.63. The van der Waals surface area contributed by atoms with Gasteiger partial charge >= 0.3 is 0 Å². The molecule has 0 saturated carbocycles. The van der Waals surface area contributed by atoms with Crippen molar-refractivity contribution >= 4 is 12.0 Å². The summed E-state index contributed by atoms with van der Waals surface area (Å²) in [6, 6.07) is 5.71. The van der Waals surface area contributed by atoms with E-state index in [1.165, 1.54) is 7.11 Å². The van der Waals surface area contributed by atoms with Crippen molar-refractivity contribution in [2.24, 2.45) is 0 Å². The molecular formula is C7H9NO2S. The molecule has 3 nitrogen and oxygen atoms in total. The van der Waals surface area contributed by atoms with E-state index < -0.39 is 0 Å². The normalized spacial score (nSPS) is 10.0. The molecule has 0 fully saturated rings. The van der Waals surface area contributed by atoms with Crippen molar-refractivity contribution in [3.8, 4) is 0 Å². The highest BCUT2D eigenvalue weighted by molar-refractivity contribution is 7.94. The zero-order chi connectivity index (χ0) is 8.10. The van der Waals surface area contributed by atoms with E-state index in [0.717, 1.165) is 22.8 Å². The molecule has 0 spiro atoms. The maximum absolute atomic E-state index is 4.63. The lowest BCUT2D eigenvalue weighted by molar-refractivity contribution is -0.160. The molecule has 60 valence electrons. The first kappa shape index (κ1) is 8.52. The van der Waals surface area contributed by atoms with Crippen molar-refractivity contribution in [1.82, 2.24) is 4.98 Å². The molecule has 1 aromatic heterocycles. The predicted molar refractivity (Wildman–Crippen MR) is 42.9 cm³/mol. The maximum Gasteiger partial charge on any atom is 0.127 e. The molecule has 0 aromatic carbocycles. The molecule has 0 atom stereocenters. The number of rotatable bonds is 3. The van der Waals surface area contributed by atoms with Gasteiger partial charge in [-0.25, -0.2) is 9.87 Å². The molecular weight excluding hydrogens is 162 g/mol. The Bertz CT molecular complexity index is 229. The van der Waals surface area contributed by atoms with Crippen molar-refractivity contribution in [3.63, 3.8) is 0 Å². The summed E-state index contributed by atoms with van der Waals surface area (Å²) in [5.74, 6) is 0. The average molecular weight is 171 g/mol. The summed E-state index contributed by atoms with van der Waals surface area (Å²) < 4.78 is 4.63. The summed E-state index contributed by atoms with van der Waals surface area (Å²) in [5, 5.41) is 0.798. The van der Waals surface area contributed by atoms with E-state index in [-0.39, 0.29) is 0 Å². The number of hydrogen-bond donors (Lipinski definition) is 0. The second-order valence-corrected chi connectivity index (χ2v) is 2.66. The summed E-state index contributed by atoms with van der Waals surface area (Å²) in [7, 11) is 1.46. The molecule has 11 heavy (non-hydrogen) atoms. The summed E-state index contributed by atoms with van der Waals surface area (Å²) in [6.07, 6.45) is 0. The van der Waals surface area contributed by atoms with Gasteiger partial charge in [-0.15, -0.1) is 0 Å². The first-order chi connectivity index (χ1) is 5.33. The monoisotopic (exact) mass is 171 g/mol. The van der Waals surface area contributed by atoms with Gasteiger partial charge in [-0.2, -0.15) is 4.33 Å². The topological polar surface area (TPSA) is 31.4 Å². The van der Waals surface area contributed by atoms with Crippen LogP contribution in [0.1, 0.15) is 5.69 Å². The Morgan fingerprint density at radius 1 is 1.45 bits per heavy atom. The molecule has 4 heteroatoms. The van der Waals surface area contributed by atoms with Gasteiger partial charge in [-0.1, -0.05) is 6.07 Å². The van der Waals surface area contributed by atoms with Crippen LogP contribution in [0.25, 0.3) is 0 Å². The third-order valence-electron chi connectivity index (χ3n) is 1.05. The number of nitrogens with zero attached hydrogens (tertiary/aromatic N) is 1. The molecule has 0 radical (unpaired) electrons. The highest BCUT2D eigenvalue weighted by Gasteiger charge is 1.95. The van der Waals surface area contributed by atoms with Gasteiger partial charge in [0.25, 0.3) is 0 Å². The minimum absolute atomic E-state index is 0.798. The number of hydrogen-bond acceptors (Lipinski definition) is 4. The predicted octanol–water partition coefficient (Wildman–Crippen LogP) is 1.98. The van der Waals surface area contributed by atoms with Crippen LogP contribution in [0.2, 0.25) is 0 Å². The zero-order valence-corrected chi connectivity index (χ0v) is 7.22. The molecule has 1 aromatic rings. The van der Waals surface area contributed by atoms with Gasteiger partial charge in [-0.3, -0.25) is 0 Å². The third kappa shape index (κ3) is 2.88. The molecule has 0 bridgehead atoms. The SMILES string of the molecule is COOSc1cccc(C)n1. The van der Waals surface area contributed by atoms with Crippen molar-refractivity contribution in [1.29, 1.82) is 0 Å². The lowest BCUT2D eigenvalue weighted by Crippen LogP contribution is -1.84. The fourth-order valence-electron chi connectivity index (χ4n) is 0.633. The Kier molecular flexibility index (Phi) is 3.35. The number of aryl methyl sites for hydroxylation is 1. The van der Waals surface area contributed by atoms with Gasteiger partial charge in [0.05, 0.1) is 19.2 Å². The van der Waals surface area contributed by atoms with Crippen LogP contribution in [0.15, 0.2) is 23.2 Å². The lowest BCUT2D eigenvalue weighted by Gasteiger charge is -1.97. The molecule has 1 rings (SSSR count). The molecule has 0 amide bonds. The van der Waals surface area contributed by atoms with Crippen molar-refractivity contribution < 1.29 is 9.22 Å². The summed E-state index contributed by atoms with van der Waals surface area (Å²) >= 11 is 1.10. The van der Waals surface area contributed by atoms with E-state index in [0.29, 0.717) is 0 Å².